The zero-order valence-corrected chi connectivity index (χ0v) is 26.9. The van der Waals surface area contributed by atoms with Crippen LogP contribution in [0.15, 0.2) is 77.7 Å². The van der Waals surface area contributed by atoms with Gasteiger partial charge in [0.25, 0.3) is 0 Å². The van der Waals surface area contributed by atoms with E-state index in [9.17, 15) is 0 Å². The van der Waals surface area contributed by atoms with Gasteiger partial charge < -0.3 is 0 Å². The fourth-order valence-electron chi connectivity index (χ4n) is 3.94. The van der Waals surface area contributed by atoms with E-state index in [0.29, 0.717) is 5.25 Å². The average molecular weight is 593 g/mol. The first-order valence-electron chi connectivity index (χ1n) is 13.0. The quantitative estimate of drug-likeness (QED) is 0.150. The molecule has 0 saturated carbocycles. The summed E-state index contributed by atoms with van der Waals surface area (Å²) >= 11 is 2.19. The molecule has 194 valence electrons. The van der Waals surface area contributed by atoms with Crippen molar-refractivity contribution in [1.29, 1.82) is 0 Å². The van der Waals surface area contributed by atoms with Crippen LogP contribution in [-0.2, 0) is 6.42 Å². The summed E-state index contributed by atoms with van der Waals surface area (Å²) in [5.41, 5.74) is 6.32. The minimum absolute atomic E-state index is 0.178. The molecule has 4 aromatic rings. The predicted molar refractivity (Wildman–Crippen MR) is 164 cm³/mol. The van der Waals surface area contributed by atoms with E-state index in [4.69, 9.17) is 9.41 Å². The van der Waals surface area contributed by atoms with Crippen molar-refractivity contribution in [2.24, 2.45) is 0 Å². The van der Waals surface area contributed by atoms with Crippen molar-refractivity contribution >= 4 is 34.6 Å². The molecule has 1 atom stereocenters. The molecule has 0 radical (unpaired) electrons. The summed E-state index contributed by atoms with van der Waals surface area (Å²) in [6.45, 7) is 18.0. The zero-order chi connectivity index (χ0) is 26.8. The molecule has 0 aliphatic heterocycles. The van der Waals surface area contributed by atoms with E-state index in [-0.39, 0.29) is 19.5 Å². The minimum atomic E-state index is -1.88. The van der Waals surface area contributed by atoms with Crippen molar-refractivity contribution in [1.82, 2.24) is 4.98 Å². The molecule has 1 aromatic heterocycles. The molecule has 0 aliphatic rings. The van der Waals surface area contributed by atoms with Crippen LogP contribution in [-0.4, -0.2) is 27.8 Å². The first-order valence-corrected chi connectivity index (χ1v) is 18.5. The molecule has 2 nitrogen and oxygen atoms in total. The van der Waals surface area contributed by atoms with Crippen LogP contribution < -0.4 is 4.43 Å². The van der Waals surface area contributed by atoms with Gasteiger partial charge in [-0.2, -0.15) is 0 Å². The average Bonchev–Trinajstić information content (AvgIpc) is 3.22. The predicted octanol–water partition coefficient (Wildman–Crippen LogP) is 9.19. The second kappa shape index (κ2) is 11.4. The molecular formula is C32H39NOSSeSi. The van der Waals surface area contributed by atoms with Crippen molar-refractivity contribution in [2.75, 3.05) is 0 Å². The Balaban J connectivity index is 1.64. The molecule has 0 saturated heterocycles. The van der Waals surface area contributed by atoms with E-state index in [0.717, 1.165) is 12.2 Å². The van der Waals surface area contributed by atoms with E-state index in [1.54, 1.807) is 0 Å². The van der Waals surface area contributed by atoms with Gasteiger partial charge in [-0.15, -0.1) is 0 Å². The SMILES string of the molecule is Cc1ccc(-c2nc(C)c(C(Cc3ccccc3)Sc3ccc(O[Si](C)(C)C(C)(C)C)c(C)c3)[se]2)cc1. The molecule has 0 fully saturated rings. The Morgan fingerprint density at radius 3 is 2.22 bits per heavy atom. The molecule has 5 heteroatoms. The molecule has 37 heavy (non-hydrogen) atoms. The van der Waals surface area contributed by atoms with Crippen LogP contribution in [0.4, 0.5) is 0 Å². The summed E-state index contributed by atoms with van der Waals surface area (Å²) in [6, 6.07) is 26.4. The fraction of sp³-hybridized carbons (Fsp3) is 0.344. The number of aryl methyl sites for hydroxylation is 3. The standard InChI is InChI=1S/C32H39NOSSeSi/c1-22-14-16-26(17-15-22)31-33-24(3)30(36-31)29(21-25-12-10-9-11-13-25)35-27-18-19-28(23(2)20-27)34-37(7,8)32(4,5)6/h9-20,29H,21H2,1-8H3. The third-order valence-corrected chi connectivity index (χ3v) is 15.9. The second-order valence-corrected chi connectivity index (χ2v) is 19.6. The number of hydrogen-bond donors (Lipinski definition) is 0. The van der Waals surface area contributed by atoms with Crippen LogP contribution in [0.3, 0.4) is 0 Å². The van der Waals surface area contributed by atoms with Gasteiger partial charge in [0.1, 0.15) is 0 Å². The zero-order valence-electron chi connectivity index (χ0n) is 23.4. The van der Waals surface area contributed by atoms with Crippen LogP contribution in [0.1, 0.15) is 52.8 Å². The van der Waals surface area contributed by atoms with Crippen molar-refractivity contribution in [2.45, 2.75) is 76.2 Å². The number of hydrogen-bond acceptors (Lipinski definition) is 3. The van der Waals surface area contributed by atoms with Crippen molar-refractivity contribution in [3.05, 3.63) is 99.6 Å². The Morgan fingerprint density at radius 2 is 1.59 bits per heavy atom. The maximum atomic E-state index is 6.65. The van der Waals surface area contributed by atoms with Gasteiger partial charge in [0.05, 0.1) is 0 Å². The van der Waals surface area contributed by atoms with Gasteiger partial charge in [-0.05, 0) is 0 Å². The number of rotatable bonds is 8. The topological polar surface area (TPSA) is 22.1 Å². The third kappa shape index (κ3) is 6.89. The van der Waals surface area contributed by atoms with Gasteiger partial charge in [-0.3, -0.25) is 0 Å². The van der Waals surface area contributed by atoms with Crippen molar-refractivity contribution in [3.63, 3.8) is 0 Å². The van der Waals surface area contributed by atoms with Crippen LogP contribution in [0, 0.1) is 20.8 Å². The van der Waals surface area contributed by atoms with E-state index in [1.807, 2.05) is 11.8 Å². The van der Waals surface area contributed by atoms with Crippen molar-refractivity contribution in [3.8, 4) is 15.9 Å². The van der Waals surface area contributed by atoms with E-state index in [1.165, 1.54) is 41.8 Å². The Hall–Kier alpha value is -2.04. The number of benzene rings is 3. The molecule has 0 amide bonds. The Bertz CT molecular complexity index is 1340. The fourth-order valence-corrected chi connectivity index (χ4v) is 9.06. The van der Waals surface area contributed by atoms with Gasteiger partial charge in [0.2, 0.25) is 0 Å². The summed E-state index contributed by atoms with van der Waals surface area (Å²) < 4.78 is 9.39. The molecule has 0 aliphatic carbocycles. The second-order valence-electron chi connectivity index (χ2n) is 11.4. The summed E-state index contributed by atoms with van der Waals surface area (Å²) in [4.78, 5) is 6.36. The summed E-state index contributed by atoms with van der Waals surface area (Å²) in [7, 11) is -1.88. The Kier molecular flexibility index (Phi) is 8.60. The number of aromatic nitrogens is 1. The molecule has 0 N–H and O–H groups in total. The van der Waals surface area contributed by atoms with Gasteiger partial charge in [-0.1, -0.05) is 0 Å². The molecule has 1 unspecified atom stereocenters. The van der Waals surface area contributed by atoms with Gasteiger partial charge in [-0.25, -0.2) is 0 Å². The Morgan fingerprint density at radius 1 is 0.919 bits per heavy atom. The monoisotopic (exact) mass is 593 g/mol. The van der Waals surface area contributed by atoms with Crippen LogP contribution in [0.5, 0.6) is 5.75 Å². The van der Waals surface area contributed by atoms with Crippen LogP contribution in [0.25, 0.3) is 10.1 Å². The Labute approximate surface area is 234 Å². The molecular weight excluding hydrogens is 553 g/mol. The summed E-state index contributed by atoms with van der Waals surface area (Å²) in [5, 5.41) is 0.526. The van der Waals surface area contributed by atoms with Crippen LogP contribution >= 0.6 is 11.8 Å². The normalized spacial score (nSPS) is 13.0. The third-order valence-electron chi connectivity index (χ3n) is 7.28. The first-order chi connectivity index (χ1) is 17.4. The van der Waals surface area contributed by atoms with Crippen LogP contribution in [0.2, 0.25) is 18.1 Å². The summed E-state index contributed by atoms with van der Waals surface area (Å²) in [6.07, 6.45) is 0.998. The first kappa shape index (κ1) is 28.0. The maximum absolute atomic E-state index is 6.65. The summed E-state index contributed by atoms with van der Waals surface area (Å²) in [5.74, 6) is 1.03. The number of thioether (sulfide) groups is 1. The van der Waals surface area contributed by atoms with Gasteiger partial charge >= 0.3 is 236 Å². The van der Waals surface area contributed by atoms with E-state index < -0.39 is 8.32 Å². The van der Waals surface area contributed by atoms with E-state index >= 15 is 0 Å². The van der Waals surface area contributed by atoms with E-state index in [2.05, 4.69) is 127 Å². The number of nitrogens with zero attached hydrogens (tertiary/aromatic N) is 1. The van der Waals surface area contributed by atoms with Gasteiger partial charge in [0, 0.05) is 0 Å². The molecule has 4 rings (SSSR count). The molecule has 3 aromatic carbocycles. The van der Waals surface area contributed by atoms with Crippen molar-refractivity contribution < 1.29 is 4.43 Å². The molecule has 1 heterocycles. The van der Waals surface area contributed by atoms with Gasteiger partial charge in [0.15, 0.2) is 0 Å². The molecule has 0 bridgehead atoms. The molecule has 0 spiro atoms.